The van der Waals surface area contributed by atoms with Gasteiger partial charge in [-0.3, -0.25) is 10.1 Å². The molecule has 1 aliphatic carbocycles. The molecule has 2 fully saturated rings. The van der Waals surface area contributed by atoms with Crippen LogP contribution in [0.5, 0.6) is 0 Å². The van der Waals surface area contributed by atoms with E-state index in [9.17, 15) is 4.79 Å². The van der Waals surface area contributed by atoms with E-state index in [-0.39, 0.29) is 12.2 Å². The summed E-state index contributed by atoms with van der Waals surface area (Å²) in [7, 11) is 0. The van der Waals surface area contributed by atoms with Crippen molar-refractivity contribution < 1.29 is 4.79 Å². The summed E-state index contributed by atoms with van der Waals surface area (Å²) >= 11 is 0. The molecule has 0 aromatic carbocycles. The summed E-state index contributed by atoms with van der Waals surface area (Å²) < 4.78 is 0. The van der Waals surface area contributed by atoms with Crippen LogP contribution in [0.25, 0.3) is 0 Å². The van der Waals surface area contributed by atoms with Gasteiger partial charge in [0.2, 0.25) is 5.91 Å². The first-order valence-corrected chi connectivity index (χ1v) is 7.71. The second-order valence-electron chi connectivity index (χ2n) is 6.31. The van der Waals surface area contributed by atoms with Crippen molar-refractivity contribution in [2.45, 2.75) is 84.0 Å². The van der Waals surface area contributed by atoms with E-state index >= 15 is 0 Å². The number of nitrogens with zero attached hydrogens (tertiary/aromatic N) is 1. The molecule has 2 unspecified atom stereocenters. The summed E-state index contributed by atoms with van der Waals surface area (Å²) in [4.78, 5) is 14.8. The molecule has 0 radical (unpaired) electrons. The van der Waals surface area contributed by atoms with Gasteiger partial charge < -0.3 is 4.90 Å². The molecular weight excluding hydrogens is 224 g/mol. The van der Waals surface area contributed by atoms with E-state index in [0.717, 1.165) is 12.8 Å². The highest BCUT2D eigenvalue weighted by molar-refractivity contribution is 5.84. The topological polar surface area (TPSA) is 32.3 Å². The highest BCUT2D eigenvalue weighted by Gasteiger charge is 2.41. The second-order valence-corrected chi connectivity index (χ2v) is 6.31. The van der Waals surface area contributed by atoms with Gasteiger partial charge in [0.25, 0.3) is 0 Å². The van der Waals surface area contributed by atoms with E-state index in [0.29, 0.717) is 17.9 Å². The quantitative estimate of drug-likeness (QED) is 0.834. The zero-order chi connectivity index (χ0) is 13.1. The Morgan fingerprint density at radius 2 is 1.94 bits per heavy atom. The number of carbonyl (C=O) groups excluding carboxylic acids is 1. The van der Waals surface area contributed by atoms with Gasteiger partial charge in [0, 0.05) is 6.04 Å². The molecule has 1 amide bonds. The SMILES string of the molecule is CCC1NC(CC(C)C)C(=O)N1C1CCCCC1. The summed E-state index contributed by atoms with van der Waals surface area (Å²) in [6.45, 7) is 6.57. The predicted octanol–water partition coefficient (Wildman–Crippen LogP) is 2.90. The van der Waals surface area contributed by atoms with E-state index in [2.05, 4.69) is 31.0 Å². The first-order valence-electron chi connectivity index (χ1n) is 7.71. The Morgan fingerprint density at radius 3 is 2.50 bits per heavy atom. The number of nitrogens with one attached hydrogen (secondary N) is 1. The number of hydrogen-bond acceptors (Lipinski definition) is 2. The molecule has 2 atom stereocenters. The molecule has 3 nitrogen and oxygen atoms in total. The molecule has 0 bridgehead atoms. The molecular formula is C15H28N2O. The van der Waals surface area contributed by atoms with Crippen LogP contribution in [0, 0.1) is 5.92 Å². The molecule has 3 heteroatoms. The maximum absolute atomic E-state index is 12.6. The van der Waals surface area contributed by atoms with Gasteiger partial charge in [0.1, 0.15) is 0 Å². The van der Waals surface area contributed by atoms with E-state index in [1.54, 1.807) is 0 Å². The van der Waals surface area contributed by atoms with Crippen molar-refractivity contribution in [3.63, 3.8) is 0 Å². The average molecular weight is 252 g/mol. The molecule has 1 saturated carbocycles. The molecule has 2 rings (SSSR count). The van der Waals surface area contributed by atoms with Crippen molar-refractivity contribution in [2.24, 2.45) is 5.92 Å². The minimum atomic E-state index is 0.0666. The Kier molecular flexibility index (Phi) is 4.66. The maximum Gasteiger partial charge on any atom is 0.241 e. The monoisotopic (exact) mass is 252 g/mol. The normalized spacial score (nSPS) is 30.4. The molecule has 104 valence electrons. The average Bonchev–Trinajstić information content (AvgIpc) is 2.66. The summed E-state index contributed by atoms with van der Waals surface area (Å²) in [5.41, 5.74) is 0. The minimum absolute atomic E-state index is 0.0666. The van der Waals surface area contributed by atoms with Crippen molar-refractivity contribution in [3.05, 3.63) is 0 Å². The van der Waals surface area contributed by atoms with Crippen LogP contribution in [0.15, 0.2) is 0 Å². The van der Waals surface area contributed by atoms with Gasteiger partial charge >= 0.3 is 0 Å². The van der Waals surface area contributed by atoms with Gasteiger partial charge in [-0.15, -0.1) is 0 Å². The van der Waals surface area contributed by atoms with Crippen LogP contribution in [-0.4, -0.2) is 29.1 Å². The summed E-state index contributed by atoms with van der Waals surface area (Å²) in [5.74, 6) is 0.942. The van der Waals surface area contributed by atoms with E-state index in [1.807, 2.05) is 0 Å². The zero-order valence-electron chi connectivity index (χ0n) is 12.1. The lowest BCUT2D eigenvalue weighted by Crippen LogP contribution is -2.45. The molecule has 1 heterocycles. The Hall–Kier alpha value is -0.570. The fourth-order valence-corrected chi connectivity index (χ4v) is 3.47. The summed E-state index contributed by atoms with van der Waals surface area (Å²) in [6, 6.07) is 0.567. The third-order valence-corrected chi connectivity index (χ3v) is 4.34. The fourth-order valence-electron chi connectivity index (χ4n) is 3.47. The molecule has 1 N–H and O–H groups in total. The number of hydrogen-bond donors (Lipinski definition) is 1. The van der Waals surface area contributed by atoms with E-state index in [4.69, 9.17) is 0 Å². The van der Waals surface area contributed by atoms with Crippen LogP contribution in [0.4, 0.5) is 0 Å². The van der Waals surface area contributed by atoms with Gasteiger partial charge in [-0.1, -0.05) is 40.0 Å². The standard InChI is InChI=1S/C15H28N2O/c1-4-14-16-13(10-11(2)3)15(18)17(14)12-8-6-5-7-9-12/h11-14,16H,4-10H2,1-3H3. The highest BCUT2D eigenvalue weighted by atomic mass is 16.2. The van der Waals surface area contributed by atoms with E-state index in [1.165, 1.54) is 32.1 Å². The van der Waals surface area contributed by atoms with Gasteiger partial charge in [-0.05, 0) is 31.6 Å². The number of amides is 1. The van der Waals surface area contributed by atoms with Crippen LogP contribution >= 0.6 is 0 Å². The van der Waals surface area contributed by atoms with Crippen LogP contribution < -0.4 is 5.32 Å². The van der Waals surface area contributed by atoms with E-state index < -0.39 is 0 Å². The van der Waals surface area contributed by atoms with Crippen molar-refractivity contribution >= 4 is 5.91 Å². The Labute approximate surface area is 111 Å². The molecule has 1 saturated heterocycles. The highest BCUT2D eigenvalue weighted by Crippen LogP contribution is 2.29. The number of rotatable bonds is 4. The fraction of sp³-hybridized carbons (Fsp3) is 0.933. The first-order chi connectivity index (χ1) is 8.63. The largest absolute Gasteiger partial charge is 0.323 e. The predicted molar refractivity (Wildman–Crippen MR) is 74.2 cm³/mol. The van der Waals surface area contributed by atoms with Crippen molar-refractivity contribution in [3.8, 4) is 0 Å². The lowest BCUT2D eigenvalue weighted by molar-refractivity contribution is -0.133. The zero-order valence-corrected chi connectivity index (χ0v) is 12.1. The molecule has 1 aliphatic heterocycles. The maximum atomic E-state index is 12.6. The Bertz CT molecular complexity index is 284. The van der Waals surface area contributed by atoms with Crippen LogP contribution in [-0.2, 0) is 4.79 Å². The summed E-state index contributed by atoms with van der Waals surface area (Å²) in [6.07, 6.45) is 8.62. The molecule has 18 heavy (non-hydrogen) atoms. The third kappa shape index (κ3) is 2.87. The minimum Gasteiger partial charge on any atom is -0.323 e. The first kappa shape index (κ1) is 13.9. The lowest BCUT2D eigenvalue weighted by Gasteiger charge is -2.34. The molecule has 0 aromatic heterocycles. The van der Waals surface area contributed by atoms with Crippen molar-refractivity contribution in [1.82, 2.24) is 10.2 Å². The van der Waals surface area contributed by atoms with Gasteiger partial charge in [-0.25, -0.2) is 0 Å². The van der Waals surface area contributed by atoms with Gasteiger partial charge in [-0.2, -0.15) is 0 Å². The molecule has 0 spiro atoms. The van der Waals surface area contributed by atoms with Gasteiger partial charge in [0.05, 0.1) is 12.2 Å². The lowest BCUT2D eigenvalue weighted by atomic mass is 9.93. The third-order valence-electron chi connectivity index (χ3n) is 4.34. The van der Waals surface area contributed by atoms with Crippen molar-refractivity contribution in [1.29, 1.82) is 0 Å². The summed E-state index contributed by atoms with van der Waals surface area (Å²) in [5, 5.41) is 3.55. The second kappa shape index (κ2) is 6.05. The Balaban J connectivity index is 2.04. The van der Waals surface area contributed by atoms with Crippen LogP contribution in [0.1, 0.15) is 65.7 Å². The van der Waals surface area contributed by atoms with Crippen molar-refractivity contribution in [2.75, 3.05) is 0 Å². The smallest absolute Gasteiger partial charge is 0.241 e. The Morgan fingerprint density at radius 1 is 1.28 bits per heavy atom. The van der Waals surface area contributed by atoms with Crippen LogP contribution in [0.2, 0.25) is 0 Å². The molecule has 2 aliphatic rings. The molecule has 0 aromatic rings. The van der Waals surface area contributed by atoms with Crippen LogP contribution in [0.3, 0.4) is 0 Å². The van der Waals surface area contributed by atoms with Gasteiger partial charge in [0.15, 0.2) is 0 Å². The number of carbonyl (C=O) groups is 1.